The fourth-order valence-electron chi connectivity index (χ4n) is 4.03. The first-order valence-corrected chi connectivity index (χ1v) is 10.8. The van der Waals surface area contributed by atoms with Crippen LogP contribution in [0.2, 0.25) is 0 Å². The van der Waals surface area contributed by atoms with Crippen molar-refractivity contribution in [1.82, 2.24) is 10.3 Å². The van der Waals surface area contributed by atoms with Gasteiger partial charge in [0, 0.05) is 25.0 Å². The smallest absolute Gasteiger partial charge is 0.244 e. The van der Waals surface area contributed by atoms with E-state index in [1.165, 1.54) is 32.4 Å². The molecule has 0 bridgehead atoms. The zero-order valence-corrected chi connectivity index (χ0v) is 19.5. The van der Waals surface area contributed by atoms with Crippen molar-refractivity contribution in [2.75, 3.05) is 14.2 Å². The van der Waals surface area contributed by atoms with Crippen molar-refractivity contribution < 1.29 is 23.9 Å². The summed E-state index contributed by atoms with van der Waals surface area (Å²) in [6.45, 7) is 2.21. The number of allylic oxidation sites excluding steroid dienone is 7. The van der Waals surface area contributed by atoms with Crippen LogP contribution in [0.15, 0.2) is 94.8 Å². The summed E-state index contributed by atoms with van der Waals surface area (Å²) < 4.78 is 24.9. The van der Waals surface area contributed by atoms with Crippen molar-refractivity contribution >= 4 is 22.8 Å². The summed E-state index contributed by atoms with van der Waals surface area (Å²) in [6.07, 6.45) is 10.2. The standard InChI is InChI=1S/C27H24FN3O4/c1-16-21(9-18-10-24(34-2)27(31-33)25(11-18)35-3)20-7-6-19(28)12-23(20)22(16)13-26(32)30-15-17-5-4-8-29-14-17/h4-14,33H,15H2,1-3H3,(H,30,32). The van der Waals surface area contributed by atoms with E-state index in [2.05, 4.69) is 15.5 Å². The van der Waals surface area contributed by atoms with Crippen LogP contribution in [0.1, 0.15) is 23.6 Å². The zero-order valence-electron chi connectivity index (χ0n) is 19.5. The van der Waals surface area contributed by atoms with Gasteiger partial charge in [-0.1, -0.05) is 17.3 Å². The molecule has 2 aliphatic rings. The van der Waals surface area contributed by atoms with Crippen LogP contribution in [0, 0.1) is 5.82 Å². The van der Waals surface area contributed by atoms with E-state index in [1.807, 2.05) is 19.1 Å². The van der Waals surface area contributed by atoms with Gasteiger partial charge in [0.1, 0.15) is 5.82 Å². The van der Waals surface area contributed by atoms with Gasteiger partial charge < -0.3 is 20.0 Å². The van der Waals surface area contributed by atoms with Crippen LogP contribution in [0.5, 0.6) is 0 Å². The van der Waals surface area contributed by atoms with Gasteiger partial charge in [0.25, 0.3) is 0 Å². The van der Waals surface area contributed by atoms with Crippen LogP contribution in [0.25, 0.3) is 11.1 Å². The number of nitrogens with one attached hydrogen (secondary N) is 1. The molecular formula is C27H24FN3O4. The lowest BCUT2D eigenvalue weighted by Crippen LogP contribution is -2.20. The van der Waals surface area contributed by atoms with Crippen molar-refractivity contribution in [3.8, 4) is 0 Å². The number of benzene rings is 1. The SMILES string of the molecule is COC1=CC(=CC2=C(C)C(=CC(=O)NCc3cccnc3)c3cc(F)ccc32)C=C(OC)C1=NO. The molecule has 2 aromatic rings. The number of aromatic nitrogens is 1. The molecule has 1 amide bonds. The molecule has 0 fully saturated rings. The number of carbonyl (C=O) groups is 1. The summed E-state index contributed by atoms with van der Waals surface area (Å²) in [4.78, 5) is 16.8. The molecule has 178 valence electrons. The van der Waals surface area contributed by atoms with Crippen molar-refractivity contribution in [3.05, 3.63) is 112 Å². The summed E-state index contributed by atoms with van der Waals surface area (Å²) in [7, 11) is 2.94. The first kappa shape index (κ1) is 23.7. The molecule has 4 rings (SSSR count). The molecular weight excluding hydrogens is 449 g/mol. The van der Waals surface area contributed by atoms with Crippen molar-refractivity contribution in [3.63, 3.8) is 0 Å². The Morgan fingerprint density at radius 3 is 2.54 bits per heavy atom. The summed E-state index contributed by atoms with van der Waals surface area (Å²) in [5.41, 5.74) is 5.47. The molecule has 0 unspecified atom stereocenters. The van der Waals surface area contributed by atoms with E-state index in [1.54, 1.807) is 36.7 Å². The Kier molecular flexibility index (Phi) is 6.91. The van der Waals surface area contributed by atoms with Gasteiger partial charge >= 0.3 is 0 Å². The van der Waals surface area contributed by atoms with Gasteiger partial charge in [0.15, 0.2) is 17.2 Å². The number of hydrogen-bond acceptors (Lipinski definition) is 6. The normalized spacial score (nSPS) is 15.9. The lowest BCUT2D eigenvalue weighted by atomic mass is 9.98. The summed E-state index contributed by atoms with van der Waals surface area (Å²) in [5.74, 6) is -0.0212. The number of carbonyl (C=O) groups excluding carboxylic acids is 1. The van der Waals surface area contributed by atoms with Gasteiger partial charge in [-0.05, 0) is 82.3 Å². The average Bonchev–Trinajstić information content (AvgIpc) is 3.12. The first-order valence-electron chi connectivity index (χ1n) is 10.8. The Morgan fingerprint density at radius 2 is 1.91 bits per heavy atom. The zero-order chi connectivity index (χ0) is 24.9. The molecule has 35 heavy (non-hydrogen) atoms. The molecule has 1 heterocycles. The largest absolute Gasteiger partial charge is 0.494 e. The van der Waals surface area contributed by atoms with E-state index in [-0.39, 0.29) is 11.6 Å². The lowest BCUT2D eigenvalue weighted by molar-refractivity contribution is -0.116. The maximum absolute atomic E-state index is 14.2. The van der Waals surface area contributed by atoms with Crippen molar-refractivity contribution in [2.45, 2.75) is 13.5 Å². The highest BCUT2D eigenvalue weighted by Crippen LogP contribution is 2.43. The molecule has 7 nitrogen and oxygen atoms in total. The molecule has 0 atom stereocenters. The minimum atomic E-state index is -0.392. The first-order chi connectivity index (χ1) is 16.9. The molecule has 8 heteroatoms. The van der Waals surface area contributed by atoms with E-state index in [9.17, 15) is 14.4 Å². The van der Waals surface area contributed by atoms with Gasteiger partial charge in [0.05, 0.1) is 14.2 Å². The lowest BCUT2D eigenvalue weighted by Gasteiger charge is -2.16. The number of oxime groups is 1. The molecule has 1 aromatic heterocycles. The fraction of sp³-hybridized carbons (Fsp3) is 0.148. The number of methoxy groups -OCH3 is 2. The fourth-order valence-corrected chi connectivity index (χ4v) is 4.03. The third-order valence-corrected chi connectivity index (χ3v) is 5.75. The average molecular weight is 474 g/mol. The second-order valence-corrected chi connectivity index (χ2v) is 7.88. The van der Waals surface area contributed by atoms with E-state index < -0.39 is 5.82 Å². The molecule has 1 aromatic carbocycles. The summed E-state index contributed by atoms with van der Waals surface area (Å²) in [6, 6.07) is 8.18. The molecule has 2 N–H and O–H groups in total. The summed E-state index contributed by atoms with van der Waals surface area (Å²) >= 11 is 0. The third kappa shape index (κ3) is 4.91. The minimum absolute atomic E-state index is 0.178. The van der Waals surface area contributed by atoms with Crippen LogP contribution in [0.4, 0.5) is 4.39 Å². The number of nitrogens with zero attached hydrogens (tertiary/aromatic N) is 2. The number of pyridine rings is 1. The predicted molar refractivity (Wildman–Crippen MR) is 131 cm³/mol. The van der Waals surface area contributed by atoms with Gasteiger partial charge in [-0.3, -0.25) is 9.78 Å². The van der Waals surface area contributed by atoms with E-state index >= 15 is 0 Å². The van der Waals surface area contributed by atoms with Crippen molar-refractivity contribution in [1.29, 1.82) is 0 Å². The number of fused-ring (bicyclic) bond motifs is 1. The monoisotopic (exact) mass is 473 g/mol. The van der Waals surface area contributed by atoms with E-state index in [0.717, 1.165) is 27.8 Å². The number of ether oxygens (including phenoxy) is 2. The van der Waals surface area contributed by atoms with Crippen LogP contribution < -0.4 is 5.32 Å². The Balaban J connectivity index is 1.73. The quantitative estimate of drug-likeness (QED) is 0.365. The Hall–Kier alpha value is -4.46. The molecule has 0 aliphatic heterocycles. The van der Waals surface area contributed by atoms with Crippen LogP contribution in [0.3, 0.4) is 0 Å². The number of hydrogen-bond donors (Lipinski definition) is 2. The van der Waals surface area contributed by atoms with Crippen LogP contribution in [-0.4, -0.2) is 36.0 Å². The maximum atomic E-state index is 14.2. The highest BCUT2D eigenvalue weighted by molar-refractivity contribution is 6.12. The van der Waals surface area contributed by atoms with E-state index in [4.69, 9.17) is 9.47 Å². The van der Waals surface area contributed by atoms with E-state index in [0.29, 0.717) is 29.2 Å². The third-order valence-electron chi connectivity index (χ3n) is 5.75. The maximum Gasteiger partial charge on any atom is 0.244 e. The van der Waals surface area contributed by atoms with Gasteiger partial charge in [-0.2, -0.15) is 0 Å². The van der Waals surface area contributed by atoms with Crippen LogP contribution in [-0.2, 0) is 20.8 Å². The Labute approximate surface area is 202 Å². The topological polar surface area (TPSA) is 93.0 Å². The molecule has 0 radical (unpaired) electrons. The highest BCUT2D eigenvalue weighted by atomic mass is 19.1. The Morgan fingerprint density at radius 1 is 1.17 bits per heavy atom. The molecule has 0 saturated carbocycles. The second kappa shape index (κ2) is 10.2. The van der Waals surface area contributed by atoms with Gasteiger partial charge in [0.2, 0.25) is 5.91 Å². The molecule has 2 aliphatic carbocycles. The molecule has 0 spiro atoms. The summed E-state index contributed by atoms with van der Waals surface area (Å²) in [5, 5.41) is 15.4. The number of halogens is 1. The highest BCUT2D eigenvalue weighted by Gasteiger charge is 2.26. The Bertz CT molecular complexity index is 1330. The number of amides is 1. The van der Waals surface area contributed by atoms with Gasteiger partial charge in [-0.25, -0.2) is 4.39 Å². The predicted octanol–water partition coefficient (Wildman–Crippen LogP) is 4.54. The second-order valence-electron chi connectivity index (χ2n) is 7.88. The van der Waals surface area contributed by atoms with Crippen molar-refractivity contribution in [2.24, 2.45) is 5.16 Å². The minimum Gasteiger partial charge on any atom is -0.494 e. The van der Waals surface area contributed by atoms with Crippen LogP contribution >= 0.6 is 0 Å². The van der Waals surface area contributed by atoms with Gasteiger partial charge in [-0.15, -0.1) is 0 Å². The molecule has 0 saturated heterocycles. The number of rotatable bonds is 6.